The van der Waals surface area contributed by atoms with Crippen molar-refractivity contribution in [2.45, 2.75) is 51.7 Å². The van der Waals surface area contributed by atoms with Crippen LogP contribution in [0.3, 0.4) is 0 Å². The van der Waals surface area contributed by atoms with Gasteiger partial charge in [-0.05, 0) is 49.3 Å². The van der Waals surface area contributed by atoms with Gasteiger partial charge < -0.3 is 4.42 Å². The van der Waals surface area contributed by atoms with E-state index in [-0.39, 0.29) is 5.63 Å². The molecule has 1 aromatic heterocycles. The Labute approximate surface area is 120 Å². The lowest BCUT2D eigenvalue weighted by Crippen LogP contribution is -2.10. The topological polar surface area (TPSA) is 30.2 Å². The van der Waals surface area contributed by atoms with E-state index < -0.39 is 0 Å². The van der Waals surface area contributed by atoms with Gasteiger partial charge in [-0.3, -0.25) is 0 Å². The van der Waals surface area contributed by atoms with Crippen LogP contribution in [0.15, 0.2) is 27.4 Å². The summed E-state index contributed by atoms with van der Waals surface area (Å²) in [7, 11) is 2.16. The molecule has 0 atom stereocenters. The first-order valence-corrected chi connectivity index (χ1v) is 7.65. The van der Waals surface area contributed by atoms with Crippen molar-refractivity contribution in [2.24, 2.45) is 0 Å². The van der Waals surface area contributed by atoms with Gasteiger partial charge in [0, 0.05) is 10.9 Å². The van der Waals surface area contributed by atoms with Crippen molar-refractivity contribution in [1.29, 1.82) is 0 Å². The number of hydrogen-bond donors (Lipinski definition) is 0. The molecular weight excluding hydrogens is 247 g/mol. The Morgan fingerprint density at radius 1 is 1.15 bits per heavy atom. The zero-order valence-electron chi connectivity index (χ0n) is 12.1. The van der Waals surface area contributed by atoms with Crippen molar-refractivity contribution in [3.63, 3.8) is 0 Å². The summed E-state index contributed by atoms with van der Waals surface area (Å²) in [5, 5.41) is 1.14. The summed E-state index contributed by atoms with van der Waals surface area (Å²) in [5.41, 5.74) is 4.05. The van der Waals surface area contributed by atoms with Crippen molar-refractivity contribution < 1.29 is 4.42 Å². The maximum Gasteiger partial charge on any atom is 0.339 e. The SMILES string of the molecule is C[B]CCc1ccc2c3c(c(=O)oc2c1)CCCCC3. The highest BCUT2D eigenvalue weighted by Crippen LogP contribution is 2.27. The summed E-state index contributed by atoms with van der Waals surface area (Å²) in [4.78, 5) is 12.2. The van der Waals surface area contributed by atoms with Crippen LogP contribution in [0.25, 0.3) is 11.0 Å². The molecule has 0 saturated heterocycles. The molecule has 0 aliphatic heterocycles. The second kappa shape index (κ2) is 5.86. The quantitative estimate of drug-likeness (QED) is 0.481. The minimum absolute atomic E-state index is 0.117. The average Bonchev–Trinajstić information content (AvgIpc) is 2.71. The van der Waals surface area contributed by atoms with E-state index >= 15 is 0 Å². The van der Waals surface area contributed by atoms with Crippen LogP contribution in [-0.2, 0) is 19.3 Å². The molecule has 0 fully saturated rings. The smallest absolute Gasteiger partial charge is 0.339 e. The van der Waals surface area contributed by atoms with E-state index in [4.69, 9.17) is 4.42 Å². The Bertz CT molecular complexity index is 672. The molecule has 1 radical (unpaired) electrons. The van der Waals surface area contributed by atoms with Gasteiger partial charge in [0.15, 0.2) is 0 Å². The molecule has 103 valence electrons. The third-order valence-electron chi connectivity index (χ3n) is 4.26. The van der Waals surface area contributed by atoms with E-state index in [0.717, 1.165) is 48.5 Å². The van der Waals surface area contributed by atoms with Gasteiger partial charge in [-0.15, -0.1) is 0 Å². The van der Waals surface area contributed by atoms with Crippen molar-refractivity contribution >= 4 is 18.2 Å². The van der Waals surface area contributed by atoms with E-state index in [0.29, 0.717) is 0 Å². The van der Waals surface area contributed by atoms with Gasteiger partial charge in [-0.25, -0.2) is 4.79 Å². The summed E-state index contributed by atoms with van der Waals surface area (Å²) < 4.78 is 5.57. The highest BCUT2D eigenvalue weighted by Gasteiger charge is 2.16. The highest BCUT2D eigenvalue weighted by molar-refractivity contribution is 6.33. The highest BCUT2D eigenvalue weighted by atomic mass is 16.4. The number of benzene rings is 1. The van der Waals surface area contributed by atoms with Crippen LogP contribution in [0.1, 0.15) is 36.0 Å². The van der Waals surface area contributed by atoms with E-state index in [1.54, 1.807) is 0 Å². The van der Waals surface area contributed by atoms with Gasteiger partial charge in [0.1, 0.15) is 12.9 Å². The van der Waals surface area contributed by atoms with Crippen molar-refractivity contribution in [2.75, 3.05) is 0 Å². The molecule has 0 amide bonds. The van der Waals surface area contributed by atoms with Gasteiger partial charge in [0.2, 0.25) is 0 Å². The number of aryl methyl sites for hydroxylation is 2. The molecule has 0 bridgehead atoms. The molecule has 0 unspecified atom stereocenters. The first-order valence-electron chi connectivity index (χ1n) is 7.65. The fraction of sp³-hybridized carbons (Fsp3) is 0.471. The summed E-state index contributed by atoms with van der Waals surface area (Å²) in [6.45, 7) is 2.07. The van der Waals surface area contributed by atoms with E-state index in [1.165, 1.54) is 24.0 Å². The van der Waals surface area contributed by atoms with Crippen LogP contribution >= 0.6 is 0 Å². The van der Waals surface area contributed by atoms with Crippen molar-refractivity contribution in [3.8, 4) is 0 Å². The zero-order chi connectivity index (χ0) is 13.9. The molecule has 1 aliphatic carbocycles. The number of hydrogen-bond acceptors (Lipinski definition) is 2. The second-order valence-corrected chi connectivity index (χ2v) is 5.68. The Kier molecular flexibility index (Phi) is 3.95. The molecular formula is C17H20BO2. The maximum absolute atomic E-state index is 12.2. The van der Waals surface area contributed by atoms with Gasteiger partial charge >= 0.3 is 5.63 Å². The van der Waals surface area contributed by atoms with Gasteiger partial charge in [-0.2, -0.15) is 0 Å². The van der Waals surface area contributed by atoms with Gasteiger partial charge in [0.05, 0.1) is 0 Å². The largest absolute Gasteiger partial charge is 0.423 e. The monoisotopic (exact) mass is 267 g/mol. The molecule has 2 nitrogen and oxygen atoms in total. The molecule has 3 rings (SSSR count). The molecule has 0 N–H and O–H groups in total. The minimum Gasteiger partial charge on any atom is -0.423 e. The standard InChI is InChI=1S/C17H20BO2/c1-18-10-9-12-7-8-14-13-5-3-2-4-6-15(13)17(19)20-16(14)11-12/h7-8,11H,2-6,9-10H2,1H3. The third-order valence-corrected chi connectivity index (χ3v) is 4.26. The Balaban J connectivity index is 2.11. The first-order chi connectivity index (χ1) is 9.79. The fourth-order valence-electron chi connectivity index (χ4n) is 3.13. The zero-order valence-corrected chi connectivity index (χ0v) is 12.1. The van der Waals surface area contributed by atoms with Crippen LogP contribution in [0.2, 0.25) is 13.1 Å². The van der Waals surface area contributed by atoms with Crippen molar-refractivity contribution in [1.82, 2.24) is 0 Å². The van der Waals surface area contributed by atoms with E-state index in [9.17, 15) is 4.79 Å². The summed E-state index contributed by atoms with van der Waals surface area (Å²) in [6, 6.07) is 6.37. The first kappa shape index (κ1) is 13.5. The second-order valence-electron chi connectivity index (χ2n) is 5.68. The van der Waals surface area contributed by atoms with E-state index in [2.05, 4.69) is 26.2 Å². The van der Waals surface area contributed by atoms with Crippen LogP contribution in [0, 0.1) is 0 Å². The minimum atomic E-state index is -0.117. The third kappa shape index (κ3) is 2.54. The number of rotatable bonds is 3. The van der Waals surface area contributed by atoms with Gasteiger partial charge in [-0.1, -0.05) is 31.7 Å². The molecule has 0 spiro atoms. The average molecular weight is 267 g/mol. The summed E-state index contributed by atoms with van der Waals surface area (Å²) in [6.07, 6.45) is 7.44. The molecule has 0 saturated carbocycles. The Hall–Kier alpha value is -1.51. The lowest BCUT2D eigenvalue weighted by Gasteiger charge is -2.09. The fourth-order valence-corrected chi connectivity index (χ4v) is 3.13. The van der Waals surface area contributed by atoms with Crippen LogP contribution in [0.4, 0.5) is 0 Å². The normalized spacial score (nSPS) is 14.8. The van der Waals surface area contributed by atoms with E-state index in [1.807, 2.05) is 6.07 Å². The lowest BCUT2D eigenvalue weighted by molar-refractivity contribution is 0.547. The maximum atomic E-state index is 12.2. The van der Waals surface area contributed by atoms with Crippen LogP contribution < -0.4 is 5.63 Å². The summed E-state index contributed by atoms with van der Waals surface area (Å²) in [5.74, 6) is 0. The summed E-state index contributed by atoms with van der Waals surface area (Å²) >= 11 is 0. The van der Waals surface area contributed by atoms with Gasteiger partial charge in [0.25, 0.3) is 0 Å². The predicted octanol–water partition coefficient (Wildman–Crippen LogP) is 3.78. The molecule has 2 aromatic rings. The Morgan fingerprint density at radius 2 is 1.95 bits per heavy atom. The molecule has 1 heterocycles. The van der Waals surface area contributed by atoms with Crippen LogP contribution in [-0.4, -0.2) is 7.28 Å². The lowest BCUT2D eigenvalue weighted by atomic mass is 9.76. The predicted molar refractivity (Wildman–Crippen MR) is 83.9 cm³/mol. The molecule has 3 heteroatoms. The molecule has 1 aliphatic rings. The molecule has 20 heavy (non-hydrogen) atoms. The van der Waals surface area contributed by atoms with Crippen molar-refractivity contribution in [3.05, 3.63) is 45.3 Å². The molecule has 1 aromatic carbocycles. The Morgan fingerprint density at radius 3 is 2.75 bits per heavy atom. The van der Waals surface area contributed by atoms with Crippen LogP contribution in [0.5, 0.6) is 0 Å². The number of fused-ring (bicyclic) bond motifs is 3.